The molecule has 2 aromatic rings. The maximum Gasteiger partial charge on any atom is 0.267 e. The van der Waals surface area contributed by atoms with E-state index in [4.69, 9.17) is 9.26 Å². The number of halogens is 2. The van der Waals surface area contributed by atoms with Gasteiger partial charge in [0.15, 0.2) is 11.9 Å². The zero-order chi connectivity index (χ0) is 15.5. The highest BCUT2D eigenvalue weighted by molar-refractivity contribution is 9.10. The first-order valence-electron chi connectivity index (χ1n) is 7.31. The summed E-state index contributed by atoms with van der Waals surface area (Å²) in [5, 5.41) is 7.46. The molecule has 0 radical (unpaired) electrons. The topological polar surface area (TPSA) is 63.4 Å². The van der Waals surface area contributed by atoms with E-state index in [1.165, 1.54) is 0 Å². The fourth-order valence-corrected chi connectivity index (χ4v) is 2.80. The summed E-state index contributed by atoms with van der Waals surface area (Å²) in [6.45, 7) is 4.69. The second-order valence-electron chi connectivity index (χ2n) is 5.38. The summed E-state index contributed by atoms with van der Waals surface area (Å²) in [6, 6.07) is 7.84. The third-order valence-corrected chi connectivity index (χ3v) is 4.41. The Bertz CT molecular complexity index is 639. The fraction of sp³-hybridized carbons (Fsp3) is 0.467. The van der Waals surface area contributed by atoms with Crippen molar-refractivity contribution < 1.29 is 9.26 Å². The van der Waals surface area contributed by atoms with Gasteiger partial charge in [-0.15, -0.1) is 12.4 Å². The van der Waals surface area contributed by atoms with Crippen LogP contribution < -0.4 is 10.1 Å². The Hall–Kier alpha value is -1.15. The minimum Gasteiger partial charge on any atom is -0.480 e. The van der Waals surface area contributed by atoms with Gasteiger partial charge in [-0.1, -0.05) is 17.3 Å². The van der Waals surface area contributed by atoms with Crippen molar-refractivity contribution in [1.82, 2.24) is 20.4 Å². The summed E-state index contributed by atoms with van der Waals surface area (Å²) in [5.74, 6) is 1.95. The Balaban J connectivity index is 0.00000192. The second kappa shape index (κ2) is 8.10. The van der Waals surface area contributed by atoms with Gasteiger partial charge in [0.1, 0.15) is 5.75 Å². The van der Waals surface area contributed by atoms with E-state index in [0.717, 1.165) is 29.9 Å². The van der Waals surface area contributed by atoms with Gasteiger partial charge in [0, 0.05) is 19.6 Å². The van der Waals surface area contributed by atoms with Crippen molar-refractivity contribution in [1.29, 1.82) is 0 Å². The monoisotopic (exact) mass is 402 g/mol. The molecule has 1 saturated heterocycles. The first-order chi connectivity index (χ1) is 10.6. The van der Waals surface area contributed by atoms with Gasteiger partial charge < -0.3 is 14.6 Å². The van der Waals surface area contributed by atoms with E-state index >= 15 is 0 Å². The first kappa shape index (κ1) is 18.2. The van der Waals surface area contributed by atoms with E-state index < -0.39 is 0 Å². The maximum absolute atomic E-state index is 5.89. The van der Waals surface area contributed by atoms with E-state index in [-0.39, 0.29) is 24.6 Å². The smallest absolute Gasteiger partial charge is 0.267 e. The SMILES string of the molecule is CC(Oc1ccccc1Br)c1nc(C2CNCCN2C)no1.Cl. The van der Waals surface area contributed by atoms with E-state index in [2.05, 4.69) is 43.3 Å². The minimum atomic E-state index is -0.304. The van der Waals surface area contributed by atoms with Crippen molar-refractivity contribution >= 4 is 28.3 Å². The Morgan fingerprint density at radius 2 is 2.22 bits per heavy atom. The largest absolute Gasteiger partial charge is 0.480 e. The molecule has 1 fully saturated rings. The molecular formula is C15H20BrClN4O2. The van der Waals surface area contributed by atoms with Crippen LogP contribution in [-0.2, 0) is 0 Å². The lowest BCUT2D eigenvalue weighted by atomic mass is 10.2. The number of para-hydroxylation sites is 1. The minimum absolute atomic E-state index is 0. The Labute approximate surface area is 150 Å². The molecule has 0 saturated carbocycles. The molecular weight excluding hydrogens is 384 g/mol. The molecule has 1 aliphatic heterocycles. The standard InChI is InChI=1S/C15H19BrN4O2.ClH/c1-10(21-13-6-4-3-5-11(13)16)15-18-14(19-22-15)12-9-17-7-8-20(12)2;/h3-6,10,12,17H,7-9H2,1-2H3;1H. The highest BCUT2D eigenvalue weighted by Crippen LogP contribution is 2.29. The molecule has 2 heterocycles. The molecule has 2 unspecified atom stereocenters. The Kier molecular flexibility index (Phi) is 6.41. The fourth-order valence-electron chi connectivity index (χ4n) is 2.42. The van der Waals surface area contributed by atoms with Crippen LogP contribution in [0.15, 0.2) is 33.3 Å². The molecule has 1 aromatic heterocycles. The molecule has 0 aliphatic carbocycles. The van der Waals surface area contributed by atoms with Crippen molar-refractivity contribution in [3.63, 3.8) is 0 Å². The van der Waals surface area contributed by atoms with Crippen LogP contribution in [0.1, 0.15) is 30.8 Å². The molecule has 2 atom stereocenters. The number of likely N-dealkylation sites (N-methyl/N-ethyl adjacent to an activating group) is 1. The molecule has 1 N–H and O–H groups in total. The summed E-state index contributed by atoms with van der Waals surface area (Å²) in [6.07, 6.45) is -0.304. The van der Waals surface area contributed by atoms with Gasteiger partial charge >= 0.3 is 0 Å². The predicted molar refractivity (Wildman–Crippen MR) is 93.0 cm³/mol. The molecule has 23 heavy (non-hydrogen) atoms. The van der Waals surface area contributed by atoms with Gasteiger partial charge in [-0.05, 0) is 42.0 Å². The van der Waals surface area contributed by atoms with Crippen molar-refractivity contribution in [3.05, 3.63) is 40.5 Å². The van der Waals surface area contributed by atoms with Crippen molar-refractivity contribution in [2.75, 3.05) is 26.7 Å². The van der Waals surface area contributed by atoms with Crippen LogP contribution in [0, 0.1) is 0 Å². The van der Waals surface area contributed by atoms with Crippen LogP contribution in [0.4, 0.5) is 0 Å². The molecule has 0 spiro atoms. The number of aromatic nitrogens is 2. The molecule has 8 heteroatoms. The number of nitrogens with zero attached hydrogens (tertiary/aromatic N) is 3. The Morgan fingerprint density at radius 3 is 2.96 bits per heavy atom. The highest BCUT2D eigenvalue weighted by atomic mass is 79.9. The van der Waals surface area contributed by atoms with Gasteiger partial charge in [-0.3, -0.25) is 4.90 Å². The number of piperazine rings is 1. The van der Waals surface area contributed by atoms with Crippen LogP contribution in [0.5, 0.6) is 5.75 Å². The summed E-state index contributed by atoms with van der Waals surface area (Å²) in [4.78, 5) is 6.74. The van der Waals surface area contributed by atoms with Crippen LogP contribution in [-0.4, -0.2) is 41.7 Å². The zero-order valence-corrected chi connectivity index (χ0v) is 15.4. The van der Waals surface area contributed by atoms with Gasteiger partial charge in [-0.25, -0.2) is 0 Å². The van der Waals surface area contributed by atoms with Gasteiger partial charge in [0.25, 0.3) is 5.89 Å². The average Bonchev–Trinajstić information content (AvgIpc) is 3.00. The average molecular weight is 404 g/mol. The molecule has 0 bridgehead atoms. The number of hydrogen-bond donors (Lipinski definition) is 1. The maximum atomic E-state index is 5.89. The van der Waals surface area contributed by atoms with Crippen LogP contribution >= 0.6 is 28.3 Å². The van der Waals surface area contributed by atoms with Crippen LogP contribution in [0.3, 0.4) is 0 Å². The summed E-state index contributed by atoms with van der Waals surface area (Å²) in [7, 11) is 2.07. The van der Waals surface area contributed by atoms with Crippen molar-refractivity contribution in [2.45, 2.75) is 19.1 Å². The Morgan fingerprint density at radius 1 is 1.43 bits per heavy atom. The van der Waals surface area contributed by atoms with E-state index in [0.29, 0.717) is 11.7 Å². The zero-order valence-electron chi connectivity index (χ0n) is 13.0. The van der Waals surface area contributed by atoms with Gasteiger partial charge in [-0.2, -0.15) is 4.98 Å². The second-order valence-corrected chi connectivity index (χ2v) is 6.24. The van der Waals surface area contributed by atoms with E-state index in [1.54, 1.807) is 0 Å². The molecule has 126 valence electrons. The van der Waals surface area contributed by atoms with Crippen LogP contribution in [0.25, 0.3) is 0 Å². The summed E-state index contributed by atoms with van der Waals surface area (Å²) in [5.41, 5.74) is 0. The predicted octanol–water partition coefficient (Wildman–Crippen LogP) is 2.97. The molecule has 1 aliphatic rings. The van der Waals surface area contributed by atoms with Crippen molar-refractivity contribution in [2.24, 2.45) is 0 Å². The molecule has 3 rings (SSSR count). The first-order valence-corrected chi connectivity index (χ1v) is 8.10. The lowest BCUT2D eigenvalue weighted by molar-refractivity contribution is 0.172. The van der Waals surface area contributed by atoms with E-state index in [1.807, 2.05) is 31.2 Å². The molecule has 6 nitrogen and oxygen atoms in total. The van der Waals surface area contributed by atoms with Crippen molar-refractivity contribution in [3.8, 4) is 5.75 Å². The third-order valence-electron chi connectivity index (χ3n) is 3.75. The number of hydrogen-bond acceptors (Lipinski definition) is 6. The highest BCUT2D eigenvalue weighted by Gasteiger charge is 2.26. The normalized spacial score (nSPS) is 19.9. The quantitative estimate of drug-likeness (QED) is 0.847. The van der Waals surface area contributed by atoms with Crippen LogP contribution in [0.2, 0.25) is 0 Å². The molecule has 0 amide bonds. The lowest BCUT2D eigenvalue weighted by Crippen LogP contribution is -2.44. The summed E-state index contributed by atoms with van der Waals surface area (Å²) >= 11 is 3.47. The summed E-state index contributed by atoms with van der Waals surface area (Å²) < 4.78 is 12.2. The number of benzene rings is 1. The number of ether oxygens (including phenoxy) is 1. The van der Waals surface area contributed by atoms with Gasteiger partial charge in [0.2, 0.25) is 0 Å². The number of nitrogens with one attached hydrogen (secondary N) is 1. The third kappa shape index (κ3) is 4.23. The molecule has 1 aromatic carbocycles. The van der Waals surface area contributed by atoms with Gasteiger partial charge in [0.05, 0.1) is 10.5 Å². The van der Waals surface area contributed by atoms with E-state index in [9.17, 15) is 0 Å². The number of rotatable bonds is 4. The lowest BCUT2D eigenvalue weighted by Gasteiger charge is -2.30.